The summed E-state index contributed by atoms with van der Waals surface area (Å²) in [4.78, 5) is 3.99. The lowest BCUT2D eigenvalue weighted by atomic mass is 9.85. The molecule has 0 saturated heterocycles. The summed E-state index contributed by atoms with van der Waals surface area (Å²) in [6.45, 7) is 1.92. The molecule has 1 heterocycles. The summed E-state index contributed by atoms with van der Waals surface area (Å²) in [6.07, 6.45) is 1.13. The molecule has 1 N–H and O–H groups in total. The van der Waals surface area contributed by atoms with Gasteiger partial charge in [0.2, 0.25) is 0 Å². The Kier molecular flexibility index (Phi) is 3.78. The molecule has 2 nitrogen and oxygen atoms in total. The van der Waals surface area contributed by atoms with Gasteiger partial charge in [-0.3, -0.25) is 4.98 Å². The molecule has 1 aliphatic rings. The lowest BCUT2D eigenvalue weighted by molar-refractivity contribution is -0.182. The minimum Gasteiger partial charge on any atom is -0.381 e. The molecule has 100 valence electrons. The van der Waals surface area contributed by atoms with E-state index in [1.54, 1.807) is 12.4 Å². The fourth-order valence-electron chi connectivity index (χ4n) is 2.45. The number of alkyl halides is 3. The van der Waals surface area contributed by atoms with Crippen molar-refractivity contribution in [2.24, 2.45) is 5.92 Å². The standard InChI is InChI=1S/C13H17F3N2/c1-9-5-6-17-8-12(9)18-11-4-2-3-10(7-11)13(14,15)16/h5-6,8,10-11,18H,2-4,7H2,1H3. The van der Waals surface area contributed by atoms with Crippen molar-refractivity contribution in [3.63, 3.8) is 0 Å². The average Bonchev–Trinajstić information content (AvgIpc) is 2.31. The van der Waals surface area contributed by atoms with E-state index >= 15 is 0 Å². The molecular formula is C13H17F3N2. The van der Waals surface area contributed by atoms with Gasteiger partial charge in [0.15, 0.2) is 0 Å². The van der Waals surface area contributed by atoms with Crippen LogP contribution >= 0.6 is 0 Å². The first-order valence-electron chi connectivity index (χ1n) is 6.20. The Morgan fingerprint density at radius 2 is 2.11 bits per heavy atom. The molecule has 2 atom stereocenters. The van der Waals surface area contributed by atoms with Gasteiger partial charge >= 0.3 is 6.18 Å². The molecule has 1 aliphatic carbocycles. The molecule has 1 aromatic rings. The number of anilines is 1. The third-order valence-corrected chi connectivity index (χ3v) is 3.54. The van der Waals surface area contributed by atoms with Gasteiger partial charge in [-0.05, 0) is 37.8 Å². The number of hydrogen-bond donors (Lipinski definition) is 1. The van der Waals surface area contributed by atoms with E-state index in [1.165, 1.54) is 0 Å². The van der Waals surface area contributed by atoms with Crippen LogP contribution in [0.1, 0.15) is 31.2 Å². The van der Waals surface area contributed by atoms with E-state index < -0.39 is 12.1 Å². The first-order valence-corrected chi connectivity index (χ1v) is 6.20. The lowest BCUT2D eigenvalue weighted by Crippen LogP contribution is -2.34. The van der Waals surface area contributed by atoms with Crippen LogP contribution in [0.3, 0.4) is 0 Å². The minimum atomic E-state index is -4.07. The maximum atomic E-state index is 12.7. The van der Waals surface area contributed by atoms with Crippen molar-refractivity contribution in [3.05, 3.63) is 24.0 Å². The monoisotopic (exact) mass is 258 g/mol. The Hall–Kier alpha value is -1.26. The third-order valence-electron chi connectivity index (χ3n) is 3.54. The Labute approximate surface area is 105 Å². The summed E-state index contributed by atoms with van der Waals surface area (Å²) in [5.41, 5.74) is 1.85. The van der Waals surface area contributed by atoms with Crippen LogP contribution in [0.15, 0.2) is 18.5 Å². The summed E-state index contributed by atoms with van der Waals surface area (Å²) in [5.74, 6) is -1.17. The average molecular weight is 258 g/mol. The summed E-state index contributed by atoms with van der Waals surface area (Å²) in [7, 11) is 0. The molecule has 0 aliphatic heterocycles. The summed E-state index contributed by atoms with van der Waals surface area (Å²) in [5, 5.41) is 3.19. The predicted molar refractivity (Wildman–Crippen MR) is 64.4 cm³/mol. The second-order valence-electron chi connectivity index (χ2n) is 4.94. The highest BCUT2D eigenvalue weighted by atomic mass is 19.4. The van der Waals surface area contributed by atoms with Crippen LogP contribution < -0.4 is 5.32 Å². The molecule has 0 radical (unpaired) electrons. The molecule has 1 aromatic heterocycles. The van der Waals surface area contributed by atoms with Crippen LogP contribution in [0, 0.1) is 12.8 Å². The van der Waals surface area contributed by atoms with Crippen LogP contribution in [0.4, 0.5) is 18.9 Å². The Balaban J connectivity index is 2.00. The Morgan fingerprint density at radius 1 is 1.33 bits per heavy atom. The highest BCUT2D eigenvalue weighted by Gasteiger charge is 2.42. The summed E-state index contributed by atoms with van der Waals surface area (Å²) < 4.78 is 38.1. The van der Waals surface area contributed by atoms with E-state index in [1.807, 2.05) is 13.0 Å². The van der Waals surface area contributed by atoms with Gasteiger partial charge in [0.05, 0.1) is 17.8 Å². The van der Waals surface area contributed by atoms with Gasteiger partial charge < -0.3 is 5.32 Å². The number of rotatable bonds is 2. The number of halogens is 3. The maximum absolute atomic E-state index is 12.7. The number of aryl methyl sites for hydroxylation is 1. The molecule has 2 unspecified atom stereocenters. The van der Waals surface area contributed by atoms with Crippen molar-refractivity contribution in [1.82, 2.24) is 4.98 Å². The van der Waals surface area contributed by atoms with Crippen LogP contribution in [0.2, 0.25) is 0 Å². The van der Waals surface area contributed by atoms with Gasteiger partial charge in [-0.1, -0.05) is 6.42 Å². The van der Waals surface area contributed by atoms with Gasteiger partial charge in [0.25, 0.3) is 0 Å². The highest BCUT2D eigenvalue weighted by molar-refractivity contribution is 5.48. The molecule has 0 amide bonds. The second kappa shape index (κ2) is 5.16. The van der Waals surface area contributed by atoms with Crippen molar-refractivity contribution in [2.45, 2.75) is 44.8 Å². The van der Waals surface area contributed by atoms with Crippen LogP contribution in [-0.4, -0.2) is 17.2 Å². The van der Waals surface area contributed by atoms with Gasteiger partial charge in [0, 0.05) is 12.2 Å². The number of hydrogen-bond acceptors (Lipinski definition) is 2. The molecule has 1 saturated carbocycles. The smallest absolute Gasteiger partial charge is 0.381 e. The Bertz CT molecular complexity index is 403. The van der Waals surface area contributed by atoms with Gasteiger partial charge in [-0.15, -0.1) is 0 Å². The normalized spacial score (nSPS) is 24.9. The van der Waals surface area contributed by atoms with Crippen molar-refractivity contribution in [3.8, 4) is 0 Å². The zero-order chi connectivity index (χ0) is 13.2. The number of pyridine rings is 1. The molecule has 5 heteroatoms. The lowest BCUT2D eigenvalue weighted by Gasteiger charge is -2.31. The van der Waals surface area contributed by atoms with Crippen molar-refractivity contribution in [1.29, 1.82) is 0 Å². The first kappa shape index (κ1) is 13.2. The van der Waals surface area contributed by atoms with E-state index in [4.69, 9.17) is 0 Å². The quantitative estimate of drug-likeness (QED) is 0.869. The van der Waals surface area contributed by atoms with Crippen LogP contribution in [-0.2, 0) is 0 Å². The van der Waals surface area contributed by atoms with Crippen LogP contribution in [0.25, 0.3) is 0 Å². The van der Waals surface area contributed by atoms with E-state index in [0.717, 1.165) is 17.7 Å². The van der Waals surface area contributed by atoms with Gasteiger partial charge in [-0.2, -0.15) is 13.2 Å². The van der Waals surface area contributed by atoms with E-state index in [0.29, 0.717) is 6.42 Å². The molecule has 2 rings (SSSR count). The second-order valence-corrected chi connectivity index (χ2v) is 4.94. The SMILES string of the molecule is Cc1ccncc1NC1CCCC(C(F)(F)F)C1. The topological polar surface area (TPSA) is 24.9 Å². The Morgan fingerprint density at radius 3 is 2.78 bits per heavy atom. The maximum Gasteiger partial charge on any atom is 0.391 e. The summed E-state index contributed by atoms with van der Waals surface area (Å²) in [6, 6.07) is 1.75. The minimum absolute atomic E-state index is 0.103. The molecule has 18 heavy (non-hydrogen) atoms. The molecule has 1 fully saturated rings. The number of nitrogens with one attached hydrogen (secondary N) is 1. The van der Waals surface area contributed by atoms with Crippen molar-refractivity contribution < 1.29 is 13.2 Å². The zero-order valence-electron chi connectivity index (χ0n) is 10.3. The fraction of sp³-hybridized carbons (Fsp3) is 0.615. The molecule has 0 bridgehead atoms. The van der Waals surface area contributed by atoms with Gasteiger partial charge in [-0.25, -0.2) is 0 Å². The van der Waals surface area contributed by atoms with Crippen molar-refractivity contribution in [2.75, 3.05) is 5.32 Å². The largest absolute Gasteiger partial charge is 0.391 e. The summed E-state index contributed by atoms with van der Waals surface area (Å²) >= 11 is 0. The molecule has 0 spiro atoms. The van der Waals surface area contributed by atoms with Crippen molar-refractivity contribution >= 4 is 5.69 Å². The molecule has 0 aromatic carbocycles. The number of nitrogens with zero attached hydrogens (tertiary/aromatic N) is 1. The third kappa shape index (κ3) is 3.15. The molecular weight excluding hydrogens is 241 g/mol. The number of aromatic nitrogens is 1. The van der Waals surface area contributed by atoms with Gasteiger partial charge in [0.1, 0.15) is 0 Å². The van der Waals surface area contributed by atoms with E-state index in [-0.39, 0.29) is 18.9 Å². The first-order chi connectivity index (χ1) is 8.47. The zero-order valence-corrected chi connectivity index (χ0v) is 10.3. The highest BCUT2D eigenvalue weighted by Crippen LogP contribution is 2.38. The fourth-order valence-corrected chi connectivity index (χ4v) is 2.45. The van der Waals surface area contributed by atoms with E-state index in [2.05, 4.69) is 10.3 Å². The predicted octanol–water partition coefficient (Wildman–Crippen LogP) is 3.92. The van der Waals surface area contributed by atoms with E-state index in [9.17, 15) is 13.2 Å². The van der Waals surface area contributed by atoms with Crippen LogP contribution in [0.5, 0.6) is 0 Å².